The fraction of sp³-hybridized carbons (Fsp3) is 0.190. The maximum absolute atomic E-state index is 12.5. The third-order valence-corrected chi connectivity index (χ3v) is 5.41. The Kier molecular flexibility index (Phi) is 5.89. The predicted molar refractivity (Wildman–Crippen MR) is 113 cm³/mol. The van der Waals surface area contributed by atoms with E-state index in [1.165, 1.54) is 11.8 Å². The number of hydrogen-bond donors (Lipinski definition) is 2. The van der Waals surface area contributed by atoms with Crippen LogP contribution in [0.2, 0.25) is 0 Å². The number of carbonyl (C=O) groups excluding carboxylic acids is 2. The fourth-order valence-electron chi connectivity index (χ4n) is 2.87. The Balaban J connectivity index is 1.35. The van der Waals surface area contributed by atoms with Gasteiger partial charge in [0.2, 0.25) is 5.91 Å². The summed E-state index contributed by atoms with van der Waals surface area (Å²) < 4.78 is 12.8. The molecule has 0 radical (unpaired) electrons. The summed E-state index contributed by atoms with van der Waals surface area (Å²) in [6.07, 6.45) is 3.51. The number of hydrogen-bond acceptors (Lipinski definition) is 6. The van der Waals surface area contributed by atoms with Gasteiger partial charge < -0.3 is 14.8 Å². The maximum atomic E-state index is 12.5. The van der Waals surface area contributed by atoms with Crippen molar-refractivity contribution in [1.82, 2.24) is 14.9 Å². The van der Waals surface area contributed by atoms with E-state index in [2.05, 4.69) is 15.6 Å². The summed E-state index contributed by atoms with van der Waals surface area (Å²) in [5.74, 6) is 0.766. The molecule has 0 aliphatic carbocycles. The Morgan fingerprint density at radius 2 is 1.87 bits per heavy atom. The van der Waals surface area contributed by atoms with Gasteiger partial charge in [0.15, 0.2) is 16.7 Å². The van der Waals surface area contributed by atoms with E-state index in [1.807, 2.05) is 41.1 Å². The first-order valence-corrected chi connectivity index (χ1v) is 10.2. The molecule has 0 saturated carbocycles. The van der Waals surface area contributed by atoms with Crippen molar-refractivity contribution in [3.63, 3.8) is 0 Å². The smallest absolute Gasteiger partial charge is 0.325 e. The molecule has 154 valence electrons. The quantitative estimate of drug-likeness (QED) is 0.609. The van der Waals surface area contributed by atoms with Crippen LogP contribution < -0.4 is 20.1 Å². The van der Waals surface area contributed by atoms with Crippen molar-refractivity contribution in [2.45, 2.75) is 17.3 Å². The number of para-hydroxylation sites is 1. The highest BCUT2D eigenvalue weighted by molar-refractivity contribution is 8.00. The minimum absolute atomic E-state index is 0.419. The average Bonchev–Trinajstić information content (AvgIpc) is 3.22. The number of carbonyl (C=O) groups is 2. The molecule has 2 aromatic carbocycles. The van der Waals surface area contributed by atoms with Gasteiger partial charge >= 0.3 is 6.03 Å². The van der Waals surface area contributed by atoms with Gasteiger partial charge in [-0.1, -0.05) is 30.0 Å². The van der Waals surface area contributed by atoms with E-state index in [0.29, 0.717) is 35.6 Å². The largest absolute Gasteiger partial charge is 0.486 e. The molecule has 30 heavy (non-hydrogen) atoms. The summed E-state index contributed by atoms with van der Waals surface area (Å²) in [6, 6.07) is 14.2. The van der Waals surface area contributed by atoms with Crippen molar-refractivity contribution in [3.05, 3.63) is 60.9 Å². The Labute approximate surface area is 177 Å². The number of fused-ring (bicyclic) bond motifs is 1. The fourth-order valence-corrected chi connectivity index (χ4v) is 3.75. The monoisotopic (exact) mass is 424 g/mol. The van der Waals surface area contributed by atoms with Gasteiger partial charge in [0.25, 0.3) is 0 Å². The van der Waals surface area contributed by atoms with Gasteiger partial charge in [0.1, 0.15) is 13.2 Å². The zero-order chi connectivity index (χ0) is 20.9. The van der Waals surface area contributed by atoms with Gasteiger partial charge in [-0.3, -0.25) is 14.7 Å². The molecule has 1 atom stereocenters. The summed E-state index contributed by atoms with van der Waals surface area (Å²) >= 11 is 1.27. The molecule has 1 aliphatic rings. The zero-order valence-electron chi connectivity index (χ0n) is 16.2. The first kappa shape index (κ1) is 19.8. The van der Waals surface area contributed by atoms with E-state index in [1.54, 1.807) is 31.3 Å². The number of aromatic nitrogens is 2. The van der Waals surface area contributed by atoms with Crippen LogP contribution in [0.5, 0.6) is 11.5 Å². The highest BCUT2D eigenvalue weighted by Crippen LogP contribution is 2.32. The summed E-state index contributed by atoms with van der Waals surface area (Å²) in [7, 11) is 0. The molecule has 1 aromatic heterocycles. The van der Waals surface area contributed by atoms with E-state index in [-0.39, 0.29) is 0 Å². The maximum Gasteiger partial charge on any atom is 0.325 e. The molecule has 4 rings (SSSR count). The number of nitrogens with zero attached hydrogens (tertiary/aromatic N) is 2. The number of imidazole rings is 1. The van der Waals surface area contributed by atoms with E-state index in [9.17, 15) is 9.59 Å². The Morgan fingerprint density at radius 1 is 1.10 bits per heavy atom. The average molecular weight is 424 g/mol. The summed E-state index contributed by atoms with van der Waals surface area (Å²) in [5, 5.41) is 5.13. The van der Waals surface area contributed by atoms with Gasteiger partial charge in [0.05, 0.1) is 5.25 Å². The summed E-state index contributed by atoms with van der Waals surface area (Å²) in [6.45, 7) is 2.67. The lowest BCUT2D eigenvalue weighted by Gasteiger charge is -2.19. The van der Waals surface area contributed by atoms with Gasteiger partial charge in [-0.2, -0.15) is 0 Å². The number of nitrogens with one attached hydrogen (secondary N) is 2. The number of amides is 3. The lowest BCUT2D eigenvalue weighted by molar-refractivity contribution is -0.119. The molecular formula is C21H20N4O4S. The first-order chi connectivity index (χ1) is 14.6. The lowest BCUT2D eigenvalue weighted by atomic mass is 10.2. The number of benzene rings is 2. The highest BCUT2D eigenvalue weighted by Gasteiger charge is 2.20. The van der Waals surface area contributed by atoms with E-state index >= 15 is 0 Å². The zero-order valence-corrected chi connectivity index (χ0v) is 17.0. The summed E-state index contributed by atoms with van der Waals surface area (Å²) in [5.41, 5.74) is 1.45. The van der Waals surface area contributed by atoms with Crippen LogP contribution in [-0.4, -0.2) is 40.0 Å². The van der Waals surface area contributed by atoms with Crippen LogP contribution in [0.4, 0.5) is 10.5 Å². The Hall–Kier alpha value is -3.46. The van der Waals surface area contributed by atoms with Crippen molar-refractivity contribution in [2.75, 3.05) is 18.5 Å². The van der Waals surface area contributed by atoms with Crippen molar-refractivity contribution in [1.29, 1.82) is 0 Å². The van der Waals surface area contributed by atoms with E-state index in [4.69, 9.17) is 9.47 Å². The van der Waals surface area contributed by atoms with Crippen LogP contribution in [0.3, 0.4) is 0 Å². The van der Waals surface area contributed by atoms with E-state index < -0.39 is 17.2 Å². The van der Waals surface area contributed by atoms with Gasteiger partial charge in [0, 0.05) is 29.8 Å². The van der Waals surface area contributed by atoms with E-state index in [0.717, 1.165) is 5.69 Å². The SMILES string of the molecule is C[C@@H](Sc1nccn1-c1ccccc1)C(=O)NC(=O)Nc1ccc2c(c1)OCCO2. The second-order valence-corrected chi connectivity index (χ2v) is 7.79. The van der Waals surface area contributed by atoms with Gasteiger partial charge in [-0.05, 0) is 31.2 Å². The molecule has 0 bridgehead atoms. The van der Waals surface area contributed by atoms with Crippen LogP contribution in [0, 0.1) is 0 Å². The van der Waals surface area contributed by atoms with Crippen LogP contribution in [0.15, 0.2) is 66.1 Å². The Morgan fingerprint density at radius 3 is 2.67 bits per heavy atom. The third kappa shape index (κ3) is 4.57. The van der Waals surface area contributed by atoms with Gasteiger partial charge in [-0.15, -0.1) is 0 Å². The molecule has 9 heteroatoms. The van der Waals surface area contributed by atoms with Crippen LogP contribution in [-0.2, 0) is 4.79 Å². The highest BCUT2D eigenvalue weighted by atomic mass is 32.2. The number of anilines is 1. The normalized spacial score (nSPS) is 13.4. The standard InChI is InChI=1S/C21H20N4O4S/c1-14(30-21-22-9-10-25(21)16-5-3-2-4-6-16)19(26)24-20(27)23-15-7-8-17-18(13-15)29-12-11-28-17/h2-10,13-14H,11-12H2,1H3,(H2,23,24,26,27)/t14-/m1/s1. The molecule has 0 spiro atoms. The van der Waals surface area contributed by atoms with Crippen molar-refractivity contribution in [2.24, 2.45) is 0 Å². The molecule has 0 unspecified atom stereocenters. The minimum atomic E-state index is -0.615. The van der Waals surface area contributed by atoms with Crippen molar-refractivity contribution < 1.29 is 19.1 Å². The van der Waals surface area contributed by atoms with Crippen molar-refractivity contribution in [3.8, 4) is 17.2 Å². The topological polar surface area (TPSA) is 94.5 Å². The number of imide groups is 1. The molecule has 0 fully saturated rings. The predicted octanol–water partition coefficient (Wildman–Crippen LogP) is 3.47. The van der Waals surface area contributed by atoms with Crippen LogP contribution in [0.25, 0.3) is 5.69 Å². The minimum Gasteiger partial charge on any atom is -0.486 e. The number of urea groups is 1. The molecule has 2 heterocycles. The number of rotatable bonds is 5. The summed E-state index contributed by atoms with van der Waals surface area (Å²) in [4.78, 5) is 29.0. The number of ether oxygens (including phenoxy) is 2. The van der Waals surface area contributed by atoms with Crippen LogP contribution >= 0.6 is 11.8 Å². The molecular weight excluding hydrogens is 404 g/mol. The second kappa shape index (κ2) is 8.91. The van der Waals surface area contributed by atoms with Crippen molar-refractivity contribution >= 4 is 29.4 Å². The first-order valence-electron chi connectivity index (χ1n) is 9.37. The van der Waals surface area contributed by atoms with Gasteiger partial charge in [-0.25, -0.2) is 9.78 Å². The lowest BCUT2D eigenvalue weighted by Crippen LogP contribution is -2.39. The molecule has 2 N–H and O–H groups in total. The molecule has 3 amide bonds. The third-order valence-electron chi connectivity index (χ3n) is 4.33. The molecule has 0 saturated heterocycles. The molecule has 1 aliphatic heterocycles. The van der Waals surface area contributed by atoms with Crippen LogP contribution in [0.1, 0.15) is 6.92 Å². The molecule has 8 nitrogen and oxygen atoms in total. The number of thioether (sulfide) groups is 1. The molecule has 3 aromatic rings. The second-order valence-electron chi connectivity index (χ2n) is 6.48. The Bertz CT molecular complexity index is 1050.